The molecule has 2 N–H and O–H groups in total. The van der Waals surface area contributed by atoms with Gasteiger partial charge in [0.05, 0.1) is 4.90 Å². The van der Waals surface area contributed by atoms with Gasteiger partial charge in [0.2, 0.25) is 10.0 Å². The quantitative estimate of drug-likeness (QED) is 0.828. The summed E-state index contributed by atoms with van der Waals surface area (Å²) in [5, 5.41) is 3.04. The standard InChI is InChI=1S/C13H22N2O2S/c1-5-11(3)15-18(16,17)13-7-6-10(2)12(8-13)9-14-4/h6-8,11,14-15H,5,9H2,1-4H3. The van der Waals surface area contributed by atoms with E-state index in [0.29, 0.717) is 11.4 Å². The Balaban J connectivity index is 3.05. The molecule has 5 heteroatoms. The lowest BCUT2D eigenvalue weighted by Crippen LogP contribution is -2.32. The van der Waals surface area contributed by atoms with Crippen LogP contribution >= 0.6 is 0 Å². The average Bonchev–Trinajstić information content (AvgIpc) is 2.31. The fraction of sp³-hybridized carbons (Fsp3) is 0.538. The highest BCUT2D eigenvalue weighted by Gasteiger charge is 2.17. The van der Waals surface area contributed by atoms with E-state index in [1.807, 2.05) is 33.9 Å². The summed E-state index contributed by atoms with van der Waals surface area (Å²) in [5.41, 5.74) is 2.09. The molecule has 0 radical (unpaired) electrons. The van der Waals surface area contributed by atoms with Crippen molar-refractivity contribution < 1.29 is 8.42 Å². The van der Waals surface area contributed by atoms with Crippen molar-refractivity contribution >= 4 is 10.0 Å². The first-order valence-corrected chi connectivity index (χ1v) is 7.65. The zero-order chi connectivity index (χ0) is 13.8. The smallest absolute Gasteiger partial charge is 0.240 e. The van der Waals surface area contributed by atoms with Crippen molar-refractivity contribution in [2.75, 3.05) is 7.05 Å². The Morgan fingerprint density at radius 2 is 2.00 bits per heavy atom. The molecular weight excluding hydrogens is 248 g/mol. The summed E-state index contributed by atoms with van der Waals surface area (Å²) in [4.78, 5) is 0.332. The summed E-state index contributed by atoms with van der Waals surface area (Å²) >= 11 is 0. The molecule has 0 aliphatic carbocycles. The molecule has 1 aromatic carbocycles. The minimum absolute atomic E-state index is 0.0518. The monoisotopic (exact) mass is 270 g/mol. The van der Waals surface area contributed by atoms with Crippen molar-refractivity contribution in [3.05, 3.63) is 29.3 Å². The van der Waals surface area contributed by atoms with E-state index in [1.54, 1.807) is 12.1 Å². The molecule has 0 aromatic heterocycles. The van der Waals surface area contributed by atoms with Crippen LogP contribution < -0.4 is 10.0 Å². The van der Waals surface area contributed by atoms with Gasteiger partial charge in [-0.25, -0.2) is 13.1 Å². The second kappa shape index (κ2) is 6.31. The largest absolute Gasteiger partial charge is 0.316 e. The molecule has 0 fully saturated rings. The van der Waals surface area contributed by atoms with Gasteiger partial charge < -0.3 is 5.32 Å². The predicted octanol–water partition coefficient (Wildman–Crippen LogP) is 1.79. The molecule has 0 amide bonds. The van der Waals surface area contributed by atoms with Crippen LogP contribution in [0.5, 0.6) is 0 Å². The molecule has 1 rings (SSSR count). The van der Waals surface area contributed by atoms with Crippen LogP contribution in [0.3, 0.4) is 0 Å². The first kappa shape index (κ1) is 15.1. The summed E-state index contributed by atoms with van der Waals surface area (Å²) in [6, 6.07) is 5.18. The number of benzene rings is 1. The third-order valence-corrected chi connectivity index (χ3v) is 4.55. The number of aryl methyl sites for hydroxylation is 1. The second-order valence-electron chi connectivity index (χ2n) is 4.55. The molecule has 4 nitrogen and oxygen atoms in total. The van der Waals surface area contributed by atoms with Crippen LogP contribution in [0.15, 0.2) is 23.1 Å². The topological polar surface area (TPSA) is 58.2 Å². The van der Waals surface area contributed by atoms with Gasteiger partial charge in [-0.1, -0.05) is 13.0 Å². The van der Waals surface area contributed by atoms with Crippen LogP contribution in [0.25, 0.3) is 0 Å². The minimum atomic E-state index is -3.41. The molecule has 1 unspecified atom stereocenters. The highest BCUT2D eigenvalue weighted by molar-refractivity contribution is 7.89. The van der Waals surface area contributed by atoms with E-state index in [2.05, 4.69) is 10.0 Å². The van der Waals surface area contributed by atoms with E-state index in [9.17, 15) is 8.42 Å². The first-order chi connectivity index (χ1) is 8.40. The minimum Gasteiger partial charge on any atom is -0.316 e. The van der Waals surface area contributed by atoms with E-state index in [0.717, 1.165) is 17.5 Å². The maximum Gasteiger partial charge on any atom is 0.240 e. The van der Waals surface area contributed by atoms with Crippen LogP contribution in [0.1, 0.15) is 31.4 Å². The molecule has 1 aromatic rings. The van der Waals surface area contributed by atoms with Gasteiger partial charge in [-0.3, -0.25) is 0 Å². The fourth-order valence-electron chi connectivity index (χ4n) is 1.61. The zero-order valence-electron chi connectivity index (χ0n) is 11.4. The van der Waals surface area contributed by atoms with E-state index in [-0.39, 0.29) is 6.04 Å². The van der Waals surface area contributed by atoms with E-state index in [4.69, 9.17) is 0 Å². The van der Waals surface area contributed by atoms with Gasteiger partial charge in [-0.05, 0) is 50.6 Å². The summed E-state index contributed by atoms with van der Waals surface area (Å²) in [6.45, 7) is 6.46. The van der Waals surface area contributed by atoms with Crippen molar-refractivity contribution in [2.45, 2.75) is 44.7 Å². The highest BCUT2D eigenvalue weighted by Crippen LogP contribution is 2.16. The molecule has 0 saturated heterocycles. The third kappa shape index (κ3) is 3.80. The van der Waals surface area contributed by atoms with Crippen molar-refractivity contribution in [3.63, 3.8) is 0 Å². The lowest BCUT2D eigenvalue weighted by Gasteiger charge is -2.14. The molecular formula is C13H22N2O2S. The highest BCUT2D eigenvalue weighted by atomic mass is 32.2. The summed E-state index contributed by atoms with van der Waals surface area (Å²) in [5.74, 6) is 0. The molecule has 0 aliphatic heterocycles. The lowest BCUT2D eigenvalue weighted by molar-refractivity contribution is 0.555. The van der Waals surface area contributed by atoms with Crippen LogP contribution in [0.2, 0.25) is 0 Å². The number of sulfonamides is 1. The van der Waals surface area contributed by atoms with Crippen molar-refractivity contribution in [1.29, 1.82) is 0 Å². The van der Waals surface area contributed by atoms with Crippen LogP contribution in [-0.4, -0.2) is 21.5 Å². The lowest BCUT2D eigenvalue weighted by atomic mass is 10.1. The predicted molar refractivity (Wildman–Crippen MR) is 74.0 cm³/mol. The van der Waals surface area contributed by atoms with Crippen molar-refractivity contribution in [3.8, 4) is 0 Å². The van der Waals surface area contributed by atoms with Crippen molar-refractivity contribution in [1.82, 2.24) is 10.0 Å². The number of rotatable bonds is 6. The fourth-order valence-corrected chi connectivity index (χ4v) is 2.99. The summed E-state index contributed by atoms with van der Waals surface area (Å²) in [6.07, 6.45) is 0.772. The molecule has 102 valence electrons. The summed E-state index contributed by atoms with van der Waals surface area (Å²) < 4.78 is 26.9. The normalized spacial score (nSPS) is 13.6. The van der Waals surface area contributed by atoms with Crippen LogP contribution in [-0.2, 0) is 16.6 Å². The summed E-state index contributed by atoms with van der Waals surface area (Å²) in [7, 11) is -1.56. The maximum atomic E-state index is 12.1. The van der Waals surface area contributed by atoms with Crippen molar-refractivity contribution in [2.24, 2.45) is 0 Å². The molecule has 18 heavy (non-hydrogen) atoms. The molecule has 0 saturated carbocycles. The van der Waals surface area contributed by atoms with Gasteiger partial charge in [-0.2, -0.15) is 0 Å². The van der Waals surface area contributed by atoms with Gasteiger partial charge in [0, 0.05) is 12.6 Å². The van der Waals surface area contributed by atoms with Gasteiger partial charge >= 0.3 is 0 Å². The number of hydrogen-bond donors (Lipinski definition) is 2. The Morgan fingerprint density at radius 1 is 1.33 bits per heavy atom. The SMILES string of the molecule is CCC(C)NS(=O)(=O)c1ccc(C)c(CNC)c1. The maximum absolute atomic E-state index is 12.1. The Hall–Kier alpha value is -0.910. The third-order valence-electron chi connectivity index (χ3n) is 2.97. The molecule has 0 heterocycles. The van der Waals surface area contributed by atoms with Gasteiger partial charge in [-0.15, -0.1) is 0 Å². The molecule has 1 atom stereocenters. The van der Waals surface area contributed by atoms with Crippen LogP contribution in [0.4, 0.5) is 0 Å². The van der Waals surface area contributed by atoms with Gasteiger partial charge in [0.1, 0.15) is 0 Å². The van der Waals surface area contributed by atoms with E-state index in [1.165, 1.54) is 0 Å². The van der Waals surface area contributed by atoms with Gasteiger partial charge in [0.15, 0.2) is 0 Å². The van der Waals surface area contributed by atoms with Gasteiger partial charge in [0.25, 0.3) is 0 Å². The average molecular weight is 270 g/mol. The van der Waals surface area contributed by atoms with E-state index >= 15 is 0 Å². The van der Waals surface area contributed by atoms with E-state index < -0.39 is 10.0 Å². The molecule has 0 aliphatic rings. The Morgan fingerprint density at radius 3 is 2.56 bits per heavy atom. The molecule has 0 spiro atoms. The Labute approximate surface area is 110 Å². The first-order valence-electron chi connectivity index (χ1n) is 6.17. The number of hydrogen-bond acceptors (Lipinski definition) is 3. The number of nitrogens with one attached hydrogen (secondary N) is 2. The Bertz CT molecular complexity index is 498. The van der Waals surface area contributed by atoms with Crippen LogP contribution in [0, 0.1) is 6.92 Å². The molecule has 0 bridgehead atoms. The Kier molecular flexibility index (Phi) is 5.31. The second-order valence-corrected chi connectivity index (χ2v) is 6.26. The zero-order valence-corrected chi connectivity index (χ0v) is 12.3.